The van der Waals surface area contributed by atoms with Crippen LogP contribution in [0.1, 0.15) is 33.1 Å². The van der Waals surface area contributed by atoms with Gasteiger partial charge in [-0.1, -0.05) is 26.7 Å². The molecular formula is C11H25NO2. The average molecular weight is 203 g/mol. The lowest BCUT2D eigenvalue weighted by molar-refractivity contribution is -0.123. The Kier molecular flexibility index (Phi) is 8.14. The molecule has 0 spiro atoms. The lowest BCUT2D eigenvalue weighted by Crippen LogP contribution is -2.40. The van der Waals surface area contributed by atoms with Gasteiger partial charge in [0.05, 0.1) is 6.04 Å². The van der Waals surface area contributed by atoms with Crippen LogP contribution in [0, 0.1) is 5.92 Å². The largest absolute Gasteiger partial charge is 0.354 e. The van der Waals surface area contributed by atoms with Crippen LogP contribution >= 0.6 is 0 Å². The van der Waals surface area contributed by atoms with Crippen LogP contribution in [0.2, 0.25) is 0 Å². The Bertz CT molecular complexity index is 124. The lowest BCUT2D eigenvalue weighted by atomic mass is 10.0. The normalized spacial score (nSPS) is 13.9. The van der Waals surface area contributed by atoms with Gasteiger partial charge in [0.2, 0.25) is 0 Å². The number of hydrogen-bond acceptors (Lipinski definition) is 3. The topological polar surface area (TPSA) is 30.5 Å². The van der Waals surface area contributed by atoms with Gasteiger partial charge in [-0.25, -0.2) is 0 Å². The number of likely N-dealkylation sites (N-methyl/N-ethyl adjacent to an activating group) is 1. The summed E-state index contributed by atoms with van der Waals surface area (Å²) < 4.78 is 10.5. The molecule has 1 atom stereocenters. The molecule has 1 unspecified atom stereocenters. The summed E-state index contributed by atoms with van der Waals surface area (Å²) in [7, 11) is 5.31. The van der Waals surface area contributed by atoms with E-state index in [4.69, 9.17) is 9.47 Å². The molecule has 86 valence electrons. The van der Waals surface area contributed by atoms with Crippen molar-refractivity contribution in [2.45, 2.75) is 45.4 Å². The van der Waals surface area contributed by atoms with E-state index >= 15 is 0 Å². The number of nitrogens with one attached hydrogen (secondary N) is 1. The number of rotatable bonds is 8. The maximum atomic E-state index is 5.23. The number of hydrogen-bond donors (Lipinski definition) is 1. The van der Waals surface area contributed by atoms with Crippen LogP contribution < -0.4 is 5.32 Å². The molecule has 0 saturated heterocycles. The summed E-state index contributed by atoms with van der Waals surface area (Å²) in [5.41, 5.74) is 0. The fourth-order valence-electron chi connectivity index (χ4n) is 1.59. The van der Waals surface area contributed by atoms with Crippen LogP contribution in [-0.2, 0) is 9.47 Å². The van der Waals surface area contributed by atoms with Crippen LogP contribution in [-0.4, -0.2) is 33.6 Å². The first kappa shape index (κ1) is 13.9. The van der Waals surface area contributed by atoms with E-state index in [1.165, 1.54) is 12.8 Å². The van der Waals surface area contributed by atoms with Gasteiger partial charge in [0.25, 0.3) is 0 Å². The fraction of sp³-hybridized carbons (Fsp3) is 1.00. The van der Waals surface area contributed by atoms with Crippen LogP contribution in [0.3, 0.4) is 0 Å². The Hall–Kier alpha value is -0.120. The predicted octanol–water partition coefficient (Wildman–Crippen LogP) is 2.02. The molecule has 0 saturated carbocycles. The summed E-state index contributed by atoms with van der Waals surface area (Å²) in [5, 5.41) is 3.23. The van der Waals surface area contributed by atoms with Crippen LogP contribution in [0.15, 0.2) is 0 Å². The van der Waals surface area contributed by atoms with E-state index < -0.39 is 0 Å². The summed E-state index contributed by atoms with van der Waals surface area (Å²) in [5.74, 6) is 0.774. The Morgan fingerprint density at radius 3 is 2.00 bits per heavy atom. The van der Waals surface area contributed by atoms with Gasteiger partial charge in [-0.3, -0.25) is 0 Å². The second-order valence-corrected chi connectivity index (χ2v) is 4.06. The molecule has 0 aliphatic carbocycles. The van der Waals surface area contributed by atoms with E-state index in [0.717, 1.165) is 12.3 Å². The first-order valence-corrected chi connectivity index (χ1v) is 5.38. The molecule has 0 amide bonds. The van der Waals surface area contributed by atoms with Crippen molar-refractivity contribution in [3.63, 3.8) is 0 Å². The van der Waals surface area contributed by atoms with Gasteiger partial charge in [-0.15, -0.1) is 0 Å². The molecule has 1 N–H and O–H groups in total. The quantitative estimate of drug-likeness (QED) is 0.612. The van der Waals surface area contributed by atoms with Crippen molar-refractivity contribution < 1.29 is 9.47 Å². The van der Waals surface area contributed by atoms with Crippen molar-refractivity contribution in [1.82, 2.24) is 5.32 Å². The van der Waals surface area contributed by atoms with Crippen molar-refractivity contribution in [2.24, 2.45) is 5.92 Å². The minimum Gasteiger partial charge on any atom is -0.354 e. The first-order chi connectivity index (χ1) is 6.65. The van der Waals surface area contributed by atoms with Crippen molar-refractivity contribution in [3.05, 3.63) is 0 Å². The second-order valence-electron chi connectivity index (χ2n) is 4.06. The first-order valence-electron chi connectivity index (χ1n) is 5.38. The predicted molar refractivity (Wildman–Crippen MR) is 59.3 cm³/mol. The highest BCUT2D eigenvalue weighted by Crippen LogP contribution is 2.11. The average Bonchev–Trinajstić information content (AvgIpc) is 2.16. The van der Waals surface area contributed by atoms with Gasteiger partial charge in [-0.05, 0) is 19.4 Å². The summed E-state index contributed by atoms with van der Waals surface area (Å²) in [6.45, 7) is 4.50. The second kappa shape index (κ2) is 8.21. The highest BCUT2D eigenvalue weighted by Gasteiger charge is 2.18. The summed E-state index contributed by atoms with van der Waals surface area (Å²) in [4.78, 5) is 0. The molecular weight excluding hydrogens is 178 g/mol. The van der Waals surface area contributed by atoms with E-state index in [0.29, 0.717) is 6.04 Å². The molecule has 3 nitrogen and oxygen atoms in total. The zero-order chi connectivity index (χ0) is 11.0. The Morgan fingerprint density at radius 2 is 1.64 bits per heavy atom. The molecule has 0 aromatic heterocycles. The maximum absolute atomic E-state index is 5.23. The fourth-order valence-corrected chi connectivity index (χ4v) is 1.59. The van der Waals surface area contributed by atoms with E-state index in [1.807, 2.05) is 7.05 Å². The zero-order valence-corrected chi connectivity index (χ0v) is 10.2. The third-order valence-electron chi connectivity index (χ3n) is 2.46. The molecule has 0 aliphatic rings. The highest BCUT2D eigenvalue weighted by atomic mass is 16.7. The molecule has 0 aromatic rings. The van der Waals surface area contributed by atoms with E-state index in [1.54, 1.807) is 14.2 Å². The van der Waals surface area contributed by atoms with Crippen LogP contribution in [0.5, 0.6) is 0 Å². The molecule has 0 aromatic carbocycles. The Labute approximate surface area is 88.2 Å². The van der Waals surface area contributed by atoms with Gasteiger partial charge >= 0.3 is 0 Å². The van der Waals surface area contributed by atoms with Crippen LogP contribution in [0.25, 0.3) is 0 Å². The van der Waals surface area contributed by atoms with Gasteiger partial charge in [0.15, 0.2) is 6.29 Å². The number of ether oxygens (including phenoxy) is 2. The Balaban J connectivity index is 3.77. The monoisotopic (exact) mass is 203 g/mol. The molecule has 0 radical (unpaired) electrons. The van der Waals surface area contributed by atoms with Gasteiger partial charge in [-0.2, -0.15) is 0 Å². The summed E-state index contributed by atoms with van der Waals surface area (Å²) >= 11 is 0. The molecule has 0 heterocycles. The van der Waals surface area contributed by atoms with Crippen molar-refractivity contribution >= 4 is 0 Å². The molecule has 0 aliphatic heterocycles. The SMILES string of the molecule is CNC(CCCC(C)C)C(OC)OC. The molecule has 3 heteroatoms. The standard InChI is InChI=1S/C11H25NO2/c1-9(2)7-6-8-10(12-3)11(13-4)14-5/h9-12H,6-8H2,1-5H3. The van der Waals surface area contributed by atoms with Crippen molar-refractivity contribution in [2.75, 3.05) is 21.3 Å². The lowest BCUT2D eigenvalue weighted by Gasteiger charge is -2.24. The van der Waals surface area contributed by atoms with Crippen molar-refractivity contribution in [1.29, 1.82) is 0 Å². The minimum absolute atomic E-state index is 0.132. The van der Waals surface area contributed by atoms with E-state index in [2.05, 4.69) is 19.2 Å². The van der Waals surface area contributed by atoms with Gasteiger partial charge in [0.1, 0.15) is 0 Å². The third kappa shape index (κ3) is 5.58. The third-order valence-corrected chi connectivity index (χ3v) is 2.46. The maximum Gasteiger partial charge on any atom is 0.171 e. The molecule has 0 fully saturated rings. The summed E-state index contributed by atoms with van der Waals surface area (Å²) in [6.07, 6.45) is 3.44. The zero-order valence-electron chi connectivity index (χ0n) is 10.2. The highest BCUT2D eigenvalue weighted by molar-refractivity contribution is 4.68. The Morgan fingerprint density at radius 1 is 1.07 bits per heavy atom. The molecule has 0 rings (SSSR count). The molecule has 14 heavy (non-hydrogen) atoms. The van der Waals surface area contributed by atoms with E-state index in [-0.39, 0.29) is 6.29 Å². The smallest absolute Gasteiger partial charge is 0.171 e. The summed E-state index contributed by atoms with van der Waals surface area (Å²) in [6, 6.07) is 0.295. The van der Waals surface area contributed by atoms with Crippen molar-refractivity contribution in [3.8, 4) is 0 Å². The minimum atomic E-state index is -0.132. The van der Waals surface area contributed by atoms with Gasteiger partial charge in [0, 0.05) is 14.2 Å². The van der Waals surface area contributed by atoms with Crippen LogP contribution in [0.4, 0.5) is 0 Å². The molecule has 0 bridgehead atoms. The van der Waals surface area contributed by atoms with Gasteiger partial charge < -0.3 is 14.8 Å². The van der Waals surface area contributed by atoms with E-state index in [9.17, 15) is 0 Å². The number of methoxy groups -OCH3 is 2.